The van der Waals surface area contributed by atoms with E-state index in [1.165, 1.54) is 12.1 Å². The van der Waals surface area contributed by atoms with E-state index in [4.69, 9.17) is 4.74 Å². The van der Waals surface area contributed by atoms with Crippen LogP contribution >= 0.6 is 0 Å². The lowest BCUT2D eigenvalue weighted by molar-refractivity contribution is -0.169. The number of hydrogen-bond acceptors (Lipinski definition) is 3. The summed E-state index contributed by atoms with van der Waals surface area (Å²) in [6.07, 6.45) is -0.713. The van der Waals surface area contributed by atoms with Gasteiger partial charge in [0.2, 0.25) is 0 Å². The van der Waals surface area contributed by atoms with Gasteiger partial charge in [0.15, 0.2) is 0 Å². The van der Waals surface area contributed by atoms with Crippen LogP contribution < -0.4 is 0 Å². The maximum Gasteiger partial charge on any atom is 0.338 e. The standard InChI is InChI=1S/C13H16F2O3/c1-12(2,17)13(14,15)8-9-18-11(16)10-6-4-3-5-7-10/h3-7,17H,8-9H2,1-2H3. The summed E-state index contributed by atoms with van der Waals surface area (Å²) < 4.78 is 31.4. The molecule has 0 unspecified atom stereocenters. The van der Waals surface area contributed by atoms with Crippen molar-refractivity contribution in [2.24, 2.45) is 0 Å². The number of aliphatic hydroxyl groups is 1. The number of benzene rings is 1. The molecule has 0 aliphatic rings. The average molecular weight is 258 g/mol. The number of alkyl halides is 2. The van der Waals surface area contributed by atoms with Gasteiger partial charge in [0.25, 0.3) is 5.92 Å². The third-order valence-electron chi connectivity index (χ3n) is 2.55. The second kappa shape index (κ2) is 5.44. The number of ether oxygens (including phenoxy) is 1. The lowest BCUT2D eigenvalue weighted by Crippen LogP contribution is -2.43. The number of esters is 1. The molecule has 0 fully saturated rings. The summed E-state index contributed by atoms with van der Waals surface area (Å²) in [6.45, 7) is 1.60. The topological polar surface area (TPSA) is 46.5 Å². The van der Waals surface area contributed by atoms with Crippen molar-refractivity contribution in [2.75, 3.05) is 6.61 Å². The van der Waals surface area contributed by atoms with Crippen LogP contribution in [0.15, 0.2) is 30.3 Å². The highest BCUT2D eigenvalue weighted by atomic mass is 19.3. The highest BCUT2D eigenvalue weighted by Gasteiger charge is 2.44. The molecular formula is C13H16F2O3. The Kier molecular flexibility index (Phi) is 4.40. The summed E-state index contributed by atoms with van der Waals surface area (Å²) in [5.74, 6) is -3.95. The molecule has 1 aromatic rings. The van der Waals surface area contributed by atoms with E-state index < -0.39 is 30.5 Å². The summed E-state index contributed by atoms with van der Waals surface area (Å²) in [4.78, 5) is 11.5. The molecule has 0 aliphatic carbocycles. The Morgan fingerprint density at radius 1 is 1.28 bits per heavy atom. The highest BCUT2D eigenvalue weighted by molar-refractivity contribution is 5.89. The van der Waals surface area contributed by atoms with Gasteiger partial charge in [-0.1, -0.05) is 18.2 Å². The summed E-state index contributed by atoms with van der Waals surface area (Å²) in [5.41, 5.74) is -1.82. The van der Waals surface area contributed by atoms with Gasteiger partial charge < -0.3 is 9.84 Å². The predicted molar refractivity (Wildman–Crippen MR) is 62.6 cm³/mol. The largest absolute Gasteiger partial charge is 0.462 e. The smallest absolute Gasteiger partial charge is 0.338 e. The van der Waals surface area contributed by atoms with Crippen molar-refractivity contribution in [2.45, 2.75) is 31.8 Å². The predicted octanol–water partition coefficient (Wildman–Crippen LogP) is 2.64. The van der Waals surface area contributed by atoms with Gasteiger partial charge in [0.1, 0.15) is 5.60 Å². The summed E-state index contributed by atoms with van der Waals surface area (Å²) >= 11 is 0. The second-order valence-electron chi connectivity index (χ2n) is 4.52. The summed E-state index contributed by atoms with van der Waals surface area (Å²) in [7, 11) is 0. The van der Waals surface area contributed by atoms with Crippen molar-refractivity contribution in [1.29, 1.82) is 0 Å². The molecule has 1 rings (SSSR count). The van der Waals surface area contributed by atoms with Gasteiger partial charge in [-0.3, -0.25) is 0 Å². The minimum Gasteiger partial charge on any atom is -0.462 e. The fourth-order valence-corrected chi connectivity index (χ4v) is 1.24. The van der Waals surface area contributed by atoms with Crippen LogP contribution in [0, 0.1) is 0 Å². The molecule has 0 aliphatic heterocycles. The molecule has 0 atom stereocenters. The Labute approximate surface area is 104 Å². The second-order valence-corrected chi connectivity index (χ2v) is 4.52. The zero-order chi connectivity index (χ0) is 13.8. The van der Waals surface area contributed by atoms with Crippen LogP contribution in [0.5, 0.6) is 0 Å². The zero-order valence-electron chi connectivity index (χ0n) is 10.3. The molecule has 3 nitrogen and oxygen atoms in total. The van der Waals surface area contributed by atoms with Gasteiger partial charge in [0.05, 0.1) is 12.2 Å². The van der Waals surface area contributed by atoms with Crippen molar-refractivity contribution in [3.8, 4) is 0 Å². The van der Waals surface area contributed by atoms with Crippen molar-refractivity contribution in [3.05, 3.63) is 35.9 Å². The first kappa shape index (κ1) is 14.6. The molecule has 0 heterocycles. The van der Waals surface area contributed by atoms with E-state index in [0.29, 0.717) is 5.56 Å². The Balaban J connectivity index is 2.46. The van der Waals surface area contributed by atoms with E-state index in [1.807, 2.05) is 0 Å². The van der Waals surface area contributed by atoms with Gasteiger partial charge in [0, 0.05) is 6.42 Å². The molecule has 0 aromatic heterocycles. The molecule has 0 saturated carbocycles. The van der Waals surface area contributed by atoms with E-state index in [2.05, 4.69) is 0 Å². The molecule has 0 amide bonds. The van der Waals surface area contributed by atoms with Gasteiger partial charge in [-0.25, -0.2) is 13.6 Å². The van der Waals surface area contributed by atoms with E-state index in [1.54, 1.807) is 18.2 Å². The Bertz CT molecular complexity index is 396. The van der Waals surface area contributed by atoms with E-state index in [-0.39, 0.29) is 0 Å². The molecular weight excluding hydrogens is 242 g/mol. The van der Waals surface area contributed by atoms with Crippen LogP contribution in [0.4, 0.5) is 8.78 Å². The van der Waals surface area contributed by atoms with E-state index in [0.717, 1.165) is 13.8 Å². The van der Waals surface area contributed by atoms with Crippen LogP contribution in [-0.2, 0) is 4.74 Å². The number of hydrogen-bond donors (Lipinski definition) is 1. The number of carbonyl (C=O) groups is 1. The fraction of sp³-hybridized carbons (Fsp3) is 0.462. The van der Waals surface area contributed by atoms with Crippen molar-refractivity contribution >= 4 is 5.97 Å². The van der Waals surface area contributed by atoms with Crippen LogP contribution in [0.25, 0.3) is 0 Å². The third-order valence-corrected chi connectivity index (χ3v) is 2.55. The average Bonchev–Trinajstić information content (AvgIpc) is 2.28. The fourth-order valence-electron chi connectivity index (χ4n) is 1.24. The number of halogens is 2. The van der Waals surface area contributed by atoms with Crippen LogP contribution in [0.1, 0.15) is 30.6 Å². The van der Waals surface area contributed by atoms with Crippen molar-refractivity contribution in [1.82, 2.24) is 0 Å². The molecule has 0 bridgehead atoms. The molecule has 100 valence electrons. The van der Waals surface area contributed by atoms with Crippen molar-refractivity contribution in [3.63, 3.8) is 0 Å². The monoisotopic (exact) mass is 258 g/mol. The third kappa shape index (κ3) is 3.77. The number of carbonyl (C=O) groups excluding carboxylic acids is 1. The van der Waals surface area contributed by atoms with E-state index >= 15 is 0 Å². The Morgan fingerprint density at radius 2 is 1.83 bits per heavy atom. The molecule has 0 radical (unpaired) electrons. The first-order chi connectivity index (χ1) is 8.24. The highest BCUT2D eigenvalue weighted by Crippen LogP contribution is 2.31. The molecule has 0 spiro atoms. The molecule has 0 saturated heterocycles. The minimum atomic E-state index is -3.30. The van der Waals surface area contributed by atoms with E-state index in [9.17, 15) is 18.7 Å². The van der Waals surface area contributed by atoms with Gasteiger partial charge in [-0.05, 0) is 26.0 Å². The van der Waals surface area contributed by atoms with Crippen LogP contribution in [0.2, 0.25) is 0 Å². The minimum absolute atomic E-state index is 0.309. The van der Waals surface area contributed by atoms with Gasteiger partial charge in [-0.2, -0.15) is 0 Å². The number of rotatable bonds is 5. The molecule has 18 heavy (non-hydrogen) atoms. The molecule has 1 aromatic carbocycles. The van der Waals surface area contributed by atoms with Crippen molar-refractivity contribution < 1.29 is 23.4 Å². The van der Waals surface area contributed by atoms with Crippen LogP contribution in [0.3, 0.4) is 0 Å². The summed E-state index contributed by atoms with van der Waals surface area (Å²) in [5, 5.41) is 9.24. The van der Waals surface area contributed by atoms with Gasteiger partial charge in [-0.15, -0.1) is 0 Å². The lowest BCUT2D eigenvalue weighted by Gasteiger charge is -2.28. The molecule has 1 N–H and O–H groups in total. The Morgan fingerprint density at radius 3 is 2.33 bits per heavy atom. The zero-order valence-corrected chi connectivity index (χ0v) is 10.3. The maximum absolute atomic E-state index is 13.3. The first-order valence-corrected chi connectivity index (χ1v) is 5.56. The normalized spacial score (nSPS) is 12.3. The maximum atomic E-state index is 13.3. The Hall–Kier alpha value is -1.49. The quantitative estimate of drug-likeness (QED) is 0.826. The molecule has 5 heteroatoms. The first-order valence-electron chi connectivity index (χ1n) is 5.56. The summed E-state index contributed by atoms with van der Waals surface area (Å²) in [6, 6.07) is 8.12. The van der Waals surface area contributed by atoms with Gasteiger partial charge >= 0.3 is 5.97 Å². The SMILES string of the molecule is CC(C)(O)C(F)(F)CCOC(=O)c1ccccc1. The lowest BCUT2D eigenvalue weighted by atomic mass is 9.98. The van der Waals surface area contributed by atoms with Crippen LogP contribution in [-0.4, -0.2) is 29.2 Å².